The minimum absolute atomic E-state index is 0.0385. The summed E-state index contributed by atoms with van der Waals surface area (Å²) in [5, 5.41) is 14.1. The smallest absolute Gasteiger partial charge is 0.412 e. The van der Waals surface area contributed by atoms with E-state index in [0.29, 0.717) is 47.1 Å². The van der Waals surface area contributed by atoms with Crippen LogP contribution in [0.3, 0.4) is 0 Å². The number of amidine groups is 1. The van der Waals surface area contributed by atoms with Crippen molar-refractivity contribution in [1.82, 2.24) is 19.9 Å². The SMILES string of the molecule is CCCCCCCOC(=O)NC(=N)c1ccc(NCc2nc3cc(C(=O)N(CCC(=O)Oc4ccccc4OC)c4ccccn4)ccc3n2C)cc1. The molecule has 0 radical (unpaired) electrons. The lowest BCUT2D eigenvalue weighted by Gasteiger charge is -2.21. The molecule has 53 heavy (non-hydrogen) atoms. The number of fused-ring (bicyclic) bond motifs is 1. The fourth-order valence-electron chi connectivity index (χ4n) is 5.63. The Labute approximate surface area is 308 Å². The summed E-state index contributed by atoms with van der Waals surface area (Å²) in [6.45, 7) is 2.91. The molecule has 0 bridgehead atoms. The second kappa shape index (κ2) is 18.8. The number of carbonyl (C=O) groups excluding carboxylic acids is 3. The Hall–Kier alpha value is -6.24. The molecule has 0 atom stereocenters. The summed E-state index contributed by atoms with van der Waals surface area (Å²) in [4.78, 5) is 49.4. The van der Waals surface area contributed by atoms with E-state index in [1.54, 1.807) is 72.9 Å². The van der Waals surface area contributed by atoms with Crippen molar-refractivity contribution >= 4 is 46.3 Å². The number of aryl methyl sites for hydroxylation is 1. The van der Waals surface area contributed by atoms with Crippen LogP contribution in [0.4, 0.5) is 16.3 Å². The van der Waals surface area contributed by atoms with Gasteiger partial charge in [0.15, 0.2) is 11.5 Å². The van der Waals surface area contributed by atoms with Crippen molar-refractivity contribution in [3.8, 4) is 11.5 Å². The molecule has 5 rings (SSSR count). The second-order valence-corrected chi connectivity index (χ2v) is 12.3. The highest BCUT2D eigenvalue weighted by Crippen LogP contribution is 2.27. The Morgan fingerprint density at radius 3 is 2.36 bits per heavy atom. The molecule has 0 spiro atoms. The number of methoxy groups -OCH3 is 1. The molecule has 13 nitrogen and oxygen atoms in total. The Morgan fingerprint density at radius 2 is 1.62 bits per heavy atom. The van der Waals surface area contributed by atoms with Gasteiger partial charge in [-0.15, -0.1) is 0 Å². The number of rotatable bonds is 17. The Bertz CT molecular complexity index is 2010. The number of amides is 2. The molecule has 0 aliphatic carbocycles. The van der Waals surface area contributed by atoms with Gasteiger partial charge in [0.2, 0.25) is 0 Å². The molecule has 2 heterocycles. The third-order valence-electron chi connectivity index (χ3n) is 8.56. The largest absolute Gasteiger partial charge is 0.493 e. The van der Waals surface area contributed by atoms with Crippen LogP contribution in [-0.2, 0) is 23.1 Å². The first-order valence-electron chi connectivity index (χ1n) is 17.7. The van der Waals surface area contributed by atoms with E-state index in [2.05, 4.69) is 22.5 Å². The molecule has 0 aliphatic rings. The van der Waals surface area contributed by atoms with E-state index in [-0.39, 0.29) is 24.7 Å². The number of hydrogen-bond acceptors (Lipinski definition) is 10. The maximum absolute atomic E-state index is 13.9. The van der Waals surface area contributed by atoms with Crippen molar-refractivity contribution in [1.29, 1.82) is 5.41 Å². The Morgan fingerprint density at radius 1 is 0.887 bits per heavy atom. The van der Waals surface area contributed by atoms with Gasteiger partial charge in [-0.3, -0.25) is 25.2 Å². The summed E-state index contributed by atoms with van der Waals surface area (Å²) < 4.78 is 17.9. The van der Waals surface area contributed by atoms with E-state index in [1.807, 2.05) is 29.8 Å². The number of imidazole rings is 1. The zero-order chi connectivity index (χ0) is 37.6. The number of para-hydroxylation sites is 2. The first-order chi connectivity index (χ1) is 25.8. The number of carbonyl (C=O) groups is 3. The number of esters is 1. The average Bonchev–Trinajstić information content (AvgIpc) is 3.50. The summed E-state index contributed by atoms with van der Waals surface area (Å²) in [5.74, 6) is 0.977. The van der Waals surface area contributed by atoms with E-state index in [1.165, 1.54) is 18.4 Å². The molecule has 0 saturated heterocycles. The molecule has 2 amide bonds. The molecule has 5 aromatic rings. The average molecular weight is 720 g/mol. The number of alkyl carbamates (subject to hydrolysis) is 1. The molecule has 276 valence electrons. The summed E-state index contributed by atoms with van der Waals surface area (Å²) in [5.41, 5.74) is 3.21. The Balaban J connectivity index is 1.19. The quantitative estimate of drug-likeness (QED) is 0.0296. The van der Waals surface area contributed by atoms with E-state index >= 15 is 0 Å². The predicted molar refractivity (Wildman–Crippen MR) is 204 cm³/mol. The van der Waals surface area contributed by atoms with Crippen LogP contribution in [0.2, 0.25) is 0 Å². The highest BCUT2D eigenvalue weighted by molar-refractivity contribution is 6.07. The number of hydrogen-bond donors (Lipinski definition) is 3. The number of unbranched alkanes of at least 4 members (excludes halogenated alkanes) is 4. The lowest BCUT2D eigenvalue weighted by molar-refractivity contribution is -0.134. The van der Waals surface area contributed by atoms with E-state index in [4.69, 9.17) is 24.6 Å². The molecule has 3 N–H and O–H groups in total. The number of aromatic nitrogens is 3. The van der Waals surface area contributed by atoms with Crippen molar-refractivity contribution in [2.45, 2.75) is 52.0 Å². The molecular weight excluding hydrogens is 674 g/mol. The van der Waals surface area contributed by atoms with Crippen LogP contribution in [0, 0.1) is 5.41 Å². The third kappa shape index (κ3) is 10.4. The van der Waals surface area contributed by atoms with Crippen LogP contribution < -0.4 is 25.0 Å². The van der Waals surface area contributed by atoms with E-state index in [9.17, 15) is 14.4 Å². The van der Waals surface area contributed by atoms with Crippen LogP contribution in [-0.4, -0.2) is 58.6 Å². The maximum atomic E-state index is 13.9. The summed E-state index contributed by atoms with van der Waals surface area (Å²) in [6, 6.07) is 24.5. The van der Waals surface area contributed by atoms with Gasteiger partial charge in [-0.25, -0.2) is 14.8 Å². The van der Waals surface area contributed by atoms with Crippen molar-refractivity contribution in [2.75, 3.05) is 30.5 Å². The summed E-state index contributed by atoms with van der Waals surface area (Å²) in [7, 11) is 3.40. The molecule has 3 aromatic carbocycles. The fourth-order valence-corrected chi connectivity index (χ4v) is 5.63. The van der Waals surface area contributed by atoms with E-state index in [0.717, 1.165) is 42.7 Å². The highest BCUT2D eigenvalue weighted by Gasteiger charge is 2.22. The highest BCUT2D eigenvalue weighted by atomic mass is 16.6. The Kier molecular flexibility index (Phi) is 13.5. The van der Waals surface area contributed by atoms with Gasteiger partial charge in [-0.2, -0.15) is 0 Å². The number of nitrogens with zero attached hydrogens (tertiary/aromatic N) is 4. The second-order valence-electron chi connectivity index (χ2n) is 12.3. The first-order valence-corrected chi connectivity index (χ1v) is 17.7. The van der Waals surface area contributed by atoms with Crippen LogP contribution >= 0.6 is 0 Å². The van der Waals surface area contributed by atoms with Gasteiger partial charge in [0.05, 0.1) is 37.7 Å². The molecule has 0 unspecified atom stereocenters. The van der Waals surface area contributed by atoms with Gasteiger partial charge in [0.25, 0.3) is 5.91 Å². The van der Waals surface area contributed by atoms with Crippen molar-refractivity contribution in [3.05, 3.63) is 108 Å². The minimum Gasteiger partial charge on any atom is -0.493 e. The van der Waals surface area contributed by atoms with E-state index < -0.39 is 12.1 Å². The number of ether oxygens (including phenoxy) is 3. The normalized spacial score (nSPS) is 10.8. The zero-order valence-corrected chi connectivity index (χ0v) is 30.3. The summed E-state index contributed by atoms with van der Waals surface area (Å²) in [6.07, 6.45) is 6.16. The minimum atomic E-state index is -0.631. The van der Waals surface area contributed by atoms with Gasteiger partial charge >= 0.3 is 12.1 Å². The van der Waals surface area contributed by atoms with Gasteiger partial charge in [-0.1, -0.05) is 50.8 Å². The van der Waals surface area contributed by atoms with Gasteiger partial charge in [0, 0.05) is 36.6 Å². The molecule has 0 saturated carbocycles. The topological polar surface area (TPSA) is 161 Å². The number of benzene rings is 3. The molecule has 13 heteroatoms. The monoisotopic (exact) mass is 719 g/mol. The molecule has 2 aromatic heterocycles. The van der Waals surface area contributed by atoms with Gasteiger partial charge < -0.3 is 24.1 Å². The number of pyridine rings is 1. The molecule has 0 aliphatic heterocycles. The van der Waals surface area contributed by atoms with Gasteiger partial charge in [0.1, 0.15) is 17.5 Å². The van der Waals surface area contributed by atoms with Crippen LogP contribution in [0.25, 0.3) is 11.0 Å². The first kappa shape index (κ1) is 38.0. The summed E-state index contributed by atoms with van der Waals surface area (Å²) >= 11 is 0. The zero-order valence-electron chi connectivity index (χ0n) is 30.3. The van der Waals surface area contributed by atoms with Crippen molar-refractivity contribution in [2.24, 2.45) is 7.05 Å². The third-order valence-corrected chi connectivity index (χ3v) is 8.56. The van der Waals surface area contributed by atoms with Crippen molar-refractivity contribution < 1.29 is 28.6 Å². The van der Waals surface area contributed by atoms with Crippen molar-refractivity contribution in [3.63, 3.8) is 0 Å². The fraction of sp³-hybridized carbons (Fsp3) is 0.300. The predicted octanol–water partition coefficient (Wildman–Crippen LogP) is 7.25. The molecular formula is C40H45N7O6. The lowest BCUT2D eigenvalue weighted by atomic mass is 10.1. The van der Waals surface area contributed by atoms with Crippen LogP contribution in [0.15, 0.2) is 91.1 Å². The van der Waals surface area contributed by atoms with Crippen LogP contribution in [0.1, 0.15) is 67.2 Å². The van der Waals surface area contributed by atoms with Crippen LogP contribution in [0.5, 0.6) is 11.5 Å². The number of nitrogens with one attached hydrogen (secondary N) is 3. The standard InChI is InChI=1S/C40H45N7O6/c1-4-5-6-7-12-25-52-40(50)45-38(41)28-16-19-30(20-17-28)43-27-36-44-31-26-29(18-21-32(31)46(36)2)39(49)47(35-15-10-11-23-42-35)24-22-37(48)53-34-14-9-8-13-33(34)51-3/h8-11,13-21,23,26,43H,4-7,12,22,24-25,27H2,1-3H3,(H2,41,45,50). The van der Waals surface area contributed by atoms with Gasteiger partial charge in [-0.05, 0) is 73.2 Å². The molecule has 0 fully saturated rings. The lowest BCUT2D eigenvalue weighted by Crippen LogP contribution is -2.34. The number of anilines is 2. The maximum Gasteiger partial charge on any atom is 0.412 e.